The van der Waals surface area contributed by atoms with Gasteiger partial charge in [-0.15, -0.1) is 5.92 Å². The Morgan fingerprint density at radius 2 is 1.11 bits per heavy atom. The van der Waals surface area contributed by atoms with Gasteiger partial charge in [-0.1, -0.05) is 35.7 Å². The number of benzene rings is 2. The predicted octanol–water partition coefficient (Wildman–Crippen LogP) is 4.77. The van der Waals surface area contributed by atoms with Gasteiger partial charge in [0.2, 0.25) is 0 Å². The first-order chi connectivity index (χ1) is 18.2. The van der Waals surface area contributed by atoms with Gasteiger partial charge < -0.3 is 28.4 Å². The van der Waals surface area contributed by atoms with Gasteiger partial charge in [0.15, 0.2) is 0 Å². The van der Waals surface area contributed by atoms with Gasteiger partial charge in [-0.05, 0) is 61.1 Å². The van der Waals surface area contributed by atoms with Crippen LogP contribution >= 0.6 is 0 Å². The molecule has 0 heterocycles. The van der Waals surface area contributed by atoms with Crippen LogP contribution in [0.15, 0.2) is 36.4 Å². The molecular formula is C31H42O6. The molecule has 0 saturated heterocycles. The fourth-order valence-corrected chi connectivity index (χ4v) is 4.92. The number of fused-ring (bicyclic) bond motifs is 3. The smallest absolute Gasteiger partial charge is 0.0701 e. The van der Waals surface area contributed by atoms with Gasteiger partial charge in [0.05, 0.1) is 52.9 Å². The molecule has 0 aromatic heterocycles. The summed E-state index contributed by atoms with van der Waals surface area (Å²) in [6.45, 7) is 9.88. The maximum Gasteiger partial charge on any atom is 0.0701 e. The van der Waals surface area contributed by atoms with Crippen LogP contribution in [0.2, 0.25) is 0 Å². The lowest BCUT2D eigenvalue weighted by atomic mass is 9.72. The van der Waals surface area contributed by atoms with E-state index < -0.39 is 0 Å². The summed E-state index contributed by atoms with van der Waals surface area (Å²) in [6.07, 6.45) is 1.70. The third kappa shape index (κ3) is 8.12. The Morgan fingerprint density at radius 1 is 0.622 bits per heavy atom. The van der Waals surface area contributed by atoms with Crippen molar-refractivity contribution in [3.05, 3.63) is 58.7 Å². The van der Waals surface area contributed by atoms with Crippen molar-refractivity contribution in [2.45, 2.75) is 32.1 Å². The fourth-order valence-electron chi connectivity index (χ4n) is 4.92. The molecule has 3 rings (SSSR count). The standard InChI is InChI=1S/C31H42O6/c1-5-6-26-8-10-28-27-9-7-25(2)23-29(27)31(30(28)24-26,11-13-34-19-21-36-17-15-32-3)12-14-35-20-22-37-18-16-33-4/h7-10,23-24H,11-22H2,1-4H3. The number of aryl methyl sites for hydroxylation is 1. The second-order valence-electron chi connectivity index (χ2n) is 9.20. The van der Waals surface area contributed by atoms with E-state index in [0.717, 1.165) is 18.4 Å². The van der Waals surface area contributed by atoms with E-state index in [0.29, 0.717) is 66.1 Å². The van der Waals surface area contributed by atoms with Gasteiger partial charge in [0, 0.05) is 38.4 Å². The number of rotatable bonds is 18. The molecule has 37 heavy (non-hydrogen) atoms. The second-order valence-corrected chi connectivity index (χ2v) is 9.20. The van der Waals surface area contributed by atoms with Crippen LogP contribution in [0.5, 0.6) is 0 Å². The van der Waals surface area contributed by atoms with E-state index in [4.69, 9.17) is 28.4 Å². The van der Waals surface area contributed by atoms with E-state index in [2.05, 4.69) is 55.2 Å². The molecule has 0 radical (unpaired) electrons. The molecule has 1 aliphatic carbocycles. The van der Waals surface area contributed by atoms with Crippen LogP contribution in [-0.2, 0) is 33.8 Å². The maximum absolute atomic E-state index is 6.05. The molecule has 2 aromatic rings. The zero-order valence-corrected chi connectivity index (χ0v) is 22.9. The molecule has 0 fully saturated rings. The van der Waals surface area contributed by atoms with Crippen molar-refractivity contribution in [3.63, 3.8) is 0 Å². The molecule has 0 amide bonds. The molecule has 0 spiro atoms. The van der Waals surface area contributed by atoms with E-state index in [9.17, 15) is 0 Å². The van der Waals surface area contributed by atoms with E-state index in [1.165, 1.54) is 27.8 Å². The first-order valence-electron chi connectivity index (χ1n) is 13.1. The highest BCUT2D eigenvalue weighted by atomic mass is 16.5. The summed E-state index contributed by atoms with van der Waals surface area (Å²) in [6, 6.07) is 13.4. The van der Waals surface area contributed by atoms with Crippen LogP contribution in [0.1, 0.15) is 42.0 Å². The Hall–Kier alpha value is -2.24. The molecule has 6 heteroatoms. The van der Waals surface area contributed by atoms with Crippen molar-refractivity contribution in [2.75, 3.05) is 80.3 Å². The van der Waals surface area contributed by atoms with E-state index in [-0.39, 0.29) is 5.41 Å². The Kier molecular flexibility index (Phi) is 12.6. The van der Waals surface area contributed by atoms with Gasteiger partial charge in [-0.2, -0.15) is 0 Å². The minimum absolute atomic E-state index is 0.212. The lowest BCUT2D eigenvalue weighted by molar-refractivity contribution is 0.0145. The van der Waals surface area contributed by atoms with Gasteiger partial charge >= 0.3 is 0 Å². The molecule has 6 nitrogen and oxygen atoms in total. The first kappa shape index (κ1) is 29.3. The van der Waals surface area contributed by atoms with Crippen molar-refractivity contribution < 1.29 is 28.4 Å². The van der Waals surface area contributed by atoms with Crippen LogP contribution < -0.4 is 0 Å². The molecule has 0 N–H and O–H groups in total. The first-order valence-corrected chi connectivity index (χ1v) is 13.1. The topological polar surface area (TPSA) is 55.4 Å². The van der Waals surface area contributed by atoms with Crippen LogP contribution in [0.4, 0.5) is 0 Å². The highest BCUT2D eigenvalue weighted by Crippen LogP contribution is 2.53. The van der Waals surface area contributed by atoms with Gasteiger partial charge in [0.25, 0.3) is 0 Å². The average molecular weight is 511 g/mol. The maximum atomic E-state index is 6.05. The van der Waals surface area contributed by atoms with Crippen molar-refractivity contribution in [3.8, 4) is 23.0 Å². The Balaban J connectivity index is 1.77. The Labute approximate surface area is 222 Å². The Bertz CT molecular complexity index is 1000. The summed E-state index contributed by atoms with van der Waals surface area (Å²) in [7, 11) is 3.35. The SMILES string of the molecule is CC#Cc1ccc2c(c1)C(CCOCCOCCOC)(CCOCCOCCOC)c1cc(C)ccc1-2. The normalized spacial score (nSPS) is 13.2. The highest BCUT2D eigenvalue weighted by molar-refractivity contribution is 5.82. The third-order valence-electron chi connectivity index (χ3n) is 6.74. The lowest BCUT2D eigenvalue weighted by Crippen LogP contribution is -2.30. The van der Waals surface area contributed by atoms with Crippen LogP contribution in [0.25, 0.3) is 11.1 Å². The molecule has 0 saturated carbocycles. The third-order valence-corrected chi connectivity index (χ3v) is 6.74. The minimum atomic E-state index is -0.212. The summed E-state index contributed by atoms with van der Waals surface area (Å²) < 4.78 is 33.3. The zero-order valence-electron chi connectivity index (χ0n) is 22.9. The highest BCUT2D eigenvalue weighted by Gasteiger charge is 2.42. The quantitative estimate of drug-likeness (QED) is 0.213. The van der Waals surface area contributed by atoms with Crippen LogP contribution in [0, 0.1) is 18.8 Å². The van der Waals surface area contributed by atoms with E-state index in [1.54, 1.807) is 14.2 Å². The zero-order chi connectivity index (χ0) is 26.3. The average Bonchev–Trinajstić information content (AvgIpc) is 3.16. The molecule has 0 aliphatic heterocycles. The monoisotopic (exact) mass is 510 g/mol. The largest absolute Gasteiger partial charge is 0.382 e. The molecule has 202 valence electrons. The van der Waals surface area contributed by atoms with Gasteiger partial charge in [-0.3, -0.25) is 0 Å². The fraction of sp³-hybridized carbons (Fsp3) is 0.548. The molecule has 0 unspecified atom stereocenters. The van der Waals surface area contributed by atoms with Crippen molar-refractivity contribution in [2.24, 2.45) is 0 Å². The van der Waals surface area contributed by atoms with Gasteiger partial charge in [0.1, 0.15) is 0 Å². The van der Waals surface area contributed by atoms with Crippen molar-refractivity contribution in [1.29, 1.82) is 0 Å². The summed E-state index contributed by atoms with van der Waals surface area (Å²) in [5, 5.41) is 0. The molecule has 0 atom stereocenters. The van der Waals surface area contributed by atoms with Crippen LogP contribution in [-0.4, -0.2) is 80.3 Å². The summed E-state index contributed by atoms with van der Waals surface area (Å²) in [4.78, 5) is 0. The number of ether oxygens (including phenoxy) is 6. The van der Waals surface area contributed by atoms with E-state index >= 15 is 0 Å². The summed E-state index contributed by atoms with van der Waals surface area (Å²) in [5.74, 6) is 6.30. The van der Waals surface area contributed by atoms with E-state index in [1.807, 2.05) is 6.92 Å². The molecule has 0 bridgehead atoms. The Morgan fingerprint density at radius 3 is 1.65 bits per heavy atom. The number of methoxy groups -OCH3 is 2. The predicted molar refractivity (Wildman–Crippen MR) is 146 cm³/mol. The molecule has 2 aromatic carbocycles. The van der Waals surface area contributed by atoms with Gasteiger partial charge in [-0.25, -0.2) is 0 Å². The van der Waals surface area contributed by atoms with Crippen molar-refractivity contribution in [1.82, 2.24) is 0 Å². The minimum Gasteiger partial charge on any atom is -0.382 e. The van der Waals surface area contributed by atoms with Crippen LogP contribution in [0.3, 0.4) is 0 Å². The second kappa shape index (κ2) is 15.9. The lowest BCUT2D eigenvalue weighted by Gasteiger charge is -2.32. The number of hydrogen-bond acceptors (Lipinski definition) is 6. The summed E-state index contributed by atoms with van der Waals surface area (Å²) >= 11 is 0. The molecule has 1 aliphatic rings. The summed E-state index contributed by atoms with van der Waals surface area (Å²) in [5.41, 5.74) is 7.32. The molecular weight excluding hydrogens is 468 g/mol. The number of hydrogen-bond donors (Lipinski definition) is 0. The van der Waals surface area contributed by atoms with Crippen molar-refractivity contribution >= 4 is 0 Å².